The molecule has 2 aromatic carbocycles. The van der Waals surface area contributed by atoms with E-state index in [1.54, 1.807) is 28.6 Å². The van der Waals surface area contributed by atoms with Gasteiger partial charge in [0.1, 0.15) is 11.5 Å². The normalized spacial score (nSPS) is 15.8. The molecule has 31 heavy (non-hydrogen) atoms. The quantitative estimate of drug-likeness (QED) is 0.558. The van der Waals surface area contributed by atoms with Crippen LogP contribution in [0.1, 0.15) is 18.4 Å². The molecule has 0 bridgehead atoms. The zero-order valence-corrected chi connectivity index (χ0v) is 18.6. The summed E-state index contributed by atoms with van der Waals surface area (Å²) in [7, 11) is -3.51. The Labute approximate surface area is 183 Å². The van der Waals surface area contributed by atoms with Crippen molar-refractivity contribution in [3.8, 4) is 17.2 Å². The first-order valence-electron chi connectivity index (χ1n) is 10.4. The van der Waals surface area contributed by atoms with Crippen LogP contribution in [0.5, 0.6) is 5.75 Å². The van der Waals surface area contributed by atoms with Crippen molar-refractivity contribution in [3.05, 3.63) is 66.1 Å². The predicted octanol–water partition coefficient (Wildman–Crippen LogP) is 3.56. The largest absolute Gasteiger partial charge is 0.494 e. The minimum absolute atomic E-state index is 0.296. The molecule has 0 radical (unpaired) electrons. The number of nitrogens with zero attached hydrogens (tertiary/aromatic N) is 3. The van der Waals surface area contributed by atoms with Crippen molar-refractivity contribution >= 4 is 10.0 Å². The first-order chi connectivity index (χ1) is 15.0. The SMILES string of the molecule is CCOc1ccc(S(=O)(=O)N2CCN(Cc3nc(-c4ccccc4)oc3C)CC2)cc1. The van der Waals surface area contributed by atoms with E-state index in [0.29, 0.717) is 55.9 Å². The van der Waals surface area contributed by atoms with Gasteiger partial charge in [0.15, 0.2) is 0 Å². The minimum atomic E-state index is -3.51. The van der Waals surface area contributed by atoms with E-state index in [-0.39, 0.29) is 0 Å². The van der Waals surface area contributed by atoms with Crippen LogP contribution in [0.3, 0.4) is 0 Å². The molecular weight excluding hydrogens is 414 g/mol. The van der Waals surface area contributed by atoms with Crippen LogP contribution in [0.4, 0.5) is 0 Å². The molecule has 0 aliphatic carbocycles. The number of hydrogen-bond acceptors (Lipinski definition) is 6. The molecule has 0 saturated carbocycles. The number of piperazine rings is 1. The molecule has 0 amide bonds. The highest BCUT2D eigenvalue weighted by atomic mass is 32.2. The lowest BCUT2D eigenvalue weighted by molar-refractivity contribution is 0.179. The maximum Gasteiger partial charge on any atom is 0.243 e. The summed E-state index contributed by atoms with van der Waals surface area (Å²) in [6.45, 7) is 7.17. The van der Waals surface area contributed by atoms with E-state index in [9.17, 15) is 8.42 Å². The molecule has 0 atom stereocenters. The molecule has 2 heterocycles. The van der Waals surface area contributed by atoms with Crippen LogP contribution in [0, 0.1) is 6.92 Å². The fraction of sp³-hybridized carbons (Fsp3) is 0.348. The van der Waals surface area contributed by atoms with Gasteiger partial charge in [-0.2, -0.15) is 4.31 Å². The van der Waals surface area contributed by atoms with Crippen LogP contribution in [-0.4, -0.2) is 55.4 Å². The summed E-state index contributed by atoms with van der Waals surface area (Å²) in [5.41, 5.74) is 1.84. The van der Waals surface area contributed by atoms with Gasteiger partial charge in [-0.25, -0.2) is 13.4 Å². The average molecular weight is 442 g/mol. The van der Waals surface area contributed by atoms with Crippen LogP contribution < -0.4 is 4.74 Å². The van der Waals surface area contributed by atoms with Crippen molar-refractivity contribution in [2.75, 3.05) is 32.8 Å². The van der Waals surface area contributed by atoms with Crippen LogP contribution >= 0.6 is 0 Å². The first kappa shape index (κ1) is 21.5. The standard InChI is InChI=1S/C23H27N3O4S/c1-3-29-20-9-11-21(12-10-20)31(27,28)26-15-13-25(14-16-26)17-22-18(2)30-23(24-22)19-7-5-4-6-8-19/h4-12H,3,13-17H2,1-2H3. The lowest BCUT2D eigenvalue weighted by Gasteiger charge is -2.33. The molecule has 1 saturated heterocycles. The molecule has 1 fully saturated rings. The summed E-state index contributed by atoms with van der Waals surface area (Å²) in [4.78, 5) is 7.17. The third-order valence-electron chi connectivity index (χ3n) is 5.39. The Hall–Kier alpha value is -2.68. The topological polar surface area (TPSA) is 75.9 Å². The number of rotatable bonds is 7. The number of benzene rings is 2. The van der Waals surface area contributed by atoms with Gasteiger partial charge in [-0.1, -0.05) is 18.2 Å². The third kappa shape index (κ3) is 4.81. The van der Waals surface area contributed by atoms with E-state index in [4.69, 9.17) is 9.15 Å². The zero-order valence-electron chi connectivity index (χ0n) is 17.8. The van der Waals surface area contributed by atoms with Crippen molar-refractivity contribution in [1.29, 1.82) is 0 Å². The summed E-state index contributed by atoms with van der Waals surface area (Å²) in [5, 5.41) is 0. The smallest absolute Gasteiger partial charge is 0.243 e. The Balaban J connectivity index is 1.38. The van der Waals surface area contributed by atoms with Gasteiger partial charge in [-0.05, 0) is 50.2 Å². The van der Waals surface area contributed by atoms with E-state index >= 15 is 0 Å². The second-order valence-electron chi connectivity index (χ2n) is 7.47. The van der Waals surface area contributed by atoms with Gasteiger partial charge in [0, 0.05) is 38.3 Å². The molecule has 1 aliphatic rings. The second-order valence-corrected chi connectivity index (χ2v) is 9.41. The van der Waals surface area contributed by atoms with Crippen LogP contribution in [0.25, 0.3) is 11.5 Å². The Morgan fingerprint density at radius 3 is 2.32 bits per heavy atom. The summed E-state index contributed by atoms with van der Waals surface area (Å²) < 4.78 is 38.7. The Kier molecular flexibility index (Phi) is 6.41. The van der Waals surface area contributed by atoms with Gasteiger partial charge < -0.3 is 9.15 Å². The molecule has 1 aromatic heterocycles. The molecular formula is C23H27N3O4S. The van der Waals surface area contributed by atoms with Crippen molar-refractivity contribution < 1.29 is 17.6 Å². The Morgan fingerprint density at radius 1 is 1.00 bits per heavy atom. The summed E-state index contributed by atoms with van der Waals surface area (Å²) in [6, 6.07) is 16.4. The molecule has 1 aliphatic heterocycles. The molecule has 8 heteroatoms. The van der Waals surface area contributed by atoms with Crippen molar-refractivity contribution in [2.24, 2.45) is 0 Å². The van der Waals surface area contributed by atoms with Crippen LogP contribution in [-0.2, 0) is 16.6 Å². The Bertz CT molecular complexity index is 1100. The van der Waals surface area contributed by atoms with Gasteiger partial charge >= 0.3 is 0 Å². The predicted molar refractivity (Wildman–Crippen MR) is 118 cm³/mol. The van der Waals surface area contributed by atoms with Crippen LogP contribution in [0.2, 0.25) is 0 Å². The van der Waals surface area contributed by atoms with Gasteiger partial charge in [-0.3, -0.25) is 4.90 Å². The Morgan fingerprint density at radius 2 is 1.68 bits per heavy atom. The van der Waals surface area contributed by atoms with E-state index in [0.717, 1.165) is 17.0 Å². The number of sulfonamides is 1. The average Bonchev–Trinajstić information content (AvgIpc) is 3.15. The van der Waals surface area contributed by atoms with E-state index < -0.39 is 10.0 Å². The molecule has 3 aromatic rings. The van der Waals surface area contributed by atoms with Crippen molar-refractivity contribution in [3.63, 3.8) is 0 Å². The van der Waals surface area contributed by atoms with E-state index in [1.807, 2.05) is 44.2 Å². The maximum absolute atomic E-state index is 13.0. The number of ether oxygens (including phenoxy) is 1. The second kappa shape index (κ2) is 9.21. The summed E-state index contributed by atoms with van der Waals surface area (Å²) in [5.74, 6) is 2.08. The molecule has 4 rings (SSSR count). The lowest BCUT2D eigenvalue weighted by atomic mass is 10.2. The molecule has 0 N–H and O–H groups in total. The number of aromatic nitrogens is 1. The van der Waals surface area contributed by atoms with Gasteiger partial charge in [0.2, 0.25) is 15.9 Å². The highest BCUT2D eigenvalue weighted by Gasteiger charge is 2.29. The molecule has 0 spiro atoms. The monoisotopic (exact) mass is 441 g/mol. The van der Waals surface area contributed by atoms with Gasteiger partial charge in [0.05, 0.1) is 17.2 Å². The van der Waals surface area contributed by atoms with Crippen molar-refractivity contribution in [2.45, 2.75) is 25.3 Å². The highest BCUT2D eigenvalue weighted by Crippen LogP contribution is 2.24. The zero-order chi connectivity index (χ0) is 21.8. The fourth-order valence-electron chi connectivity index (χ4n) is 3.64. The van der Waals surface area contributed by atoms with Crippen LogP contribution in [0.15, 0.2) is 63.9 Å². The number of oxazole rings is 1. The minimum Gasteiger partial charge on any atom is -0.494 e. The van der Waals surface area contributed by atoms with Crippen molar-refractivity contribution in [1.82, 2.24) is 14.2 Å². The maximum atomic E-state index is 13.0. The van der Waals surface area contributed by atoms with Gasteiger partial charge in [0.25, 0.3) is 0 Å². The summed E-state index contributed by atoms with van der Waals surface area (Å²) >= 11 is 0. The lowest BCUT2D eigenvalue weighted by Crippen LogP contribution is -2.48. The third-order valence-corrected chi connectivity index (χ3v) is 7.30. The molecule has 0 unspecified atom stereocenters. The number of aryl methyl sites for hydroxylation is 1. The highest BCUT2D eigenvalue weighted by molar-refractivity contribution is 7.89. The molecule has 7 nitrogen and oxygen atoms in total. The van der Waals surface area contributed by atoms with E-state index in [1.165, 1.54) is 0 Å². The summed E-state index contributed by atoms with van der Waals surface area (Å²) in [6.07, 6.45) is 0. The molecule has 164 valence electrons. The van der Waals surface area contributed by atoms with E-state index in [2.05, 4.69) is 9.88 Å². The van der Waals surface area contributed by atoms with Gasteiger partial charge in [-0.15, -0.1) is 0 Å². The number of hydrogen-bond donors (Lipinski definition) is 0. The first-order valence-corrected chi connectivity index (χ1v) is 11.9. The fourth-order valence-corrected chi connectivity index (χ4v) is 5.06.